The van der Waals surface area contributed by atoms with Crippen molar-refractivity contribution in [3.05, 3.63) is 35.7 Å². The van der Waals surface area contributed by atoms with Crippen LogP contribution < -0.4 is 0 Å². The molecular weight excluding hydrogens is 192 g/mol. The maximum Gasteiger partial charge on any atom is 0.151 e. The van der Waals surface area contributed by atoms with E-state index in [-0.39, 0.29) is 0 Å². The van der Waals surface area contributed by atoms with Crippen LogP contribution in [-0.2, 0) is 0 Å². The smallest absolute Gasteiger partial charge is 0.151 e. The van der Waals surface area contributed by atoms with Crippen molar-refractivity contribution in [3.63, 3.8) is 0 Å². The van der Waals surface area contributed by atoms with Crippen LogP contribution in [0.25, 0.3) is 5.69 Å². The first-order chi connectivity index (χ1) is 7.20. The van der Waals surface area contributed by atoms with Crippen LogP contribution in [0.5, 0.6) is 0 Å². The molecule has 2 heterocycles. The van der Waals surface area contributed by atoms with Crippen LogP contribution in [0.1, 0.15) is 22.0 Å². The predicted molar refractivity (Wildman–Crippen MR) is 54.0 cm³/mol. The van der Waals surface area contributed by atoms with Crippen LogP contribution >= 0.6 is 0 Å². The minimum atomic E-state index is 0.528. The van der Waals surface area contributed by atoms with Gasteiger partial charge in [-0.25, -0.2) is 9.67 Å². The Balaban J connectivity index is 2.53. The van der Waals surface area contributed by atoms with Gasteiger partial charge in [0.2, 0.25) is 0 Å². The number of pyridine rings is 1. The lowest BCUT2D eigenvalue weighted by molar-refractivity contribution is 0.112. The maximum absolute atomic E-state index is 10.6. The van der Waals surface area contributed by atoms with Crippen molar-refractivity contribution >= 4 is 6.29 Å². The second-order valence-corrected chi connectivity index (χ2v) is 3.21. The monoisotopic (exact) mass is 202 g/mol. The molecule has 0 spiro atoms. The lowest BCUT2D eigenvalue weighted by Crippen LogP contribution is -2.00. The van der Waals surface area contributed by atoms with Crippen LogP contribution in [0.3, 0.4) is 0 Å². The van der Waals surface area contributed by atoms with Gasteiger partial charge in [0.25, 0.3) is 0 Å². The van der Waals surface area contributed by atoms with Crippen molar-refractivity contribution in [2.75, 3.05) is 0 Å². The van der Waals surface area contributed by atoms with Gasteiger partial charge in [0.05, 0.1) is 11.9 Å². The lowest BCUT2D eigenvalue weighted by Gasteiger charge is -2.01. The molecule has 0 N–H and O–H groups in total. The summed E-state index contributed by atoms with van der Waals surface area (Å²) in [5, 5.41) is 4.21. The third-order valence-corrected chi connectivity index (χ3v) is 2.00. The van der Waals surface area contributed by atoms with E-state index < -0.39 is 0 Å². The lowest BCUT2D eigenvalue weighted by atomic mass is 10.3. The van der Waals surface area contributed by atoms with E-state index in [1.807, 2.05) is 13.8 Å². The van der Waals surface area contributed by atoms with Crippen molar-refractivity contribution in [2.24, 2.45) is 0 Å². The molecule has 2 aromatic heterocycles. The highest BCUT2D eigenvalue weighted by Gasteiger charge is 2.05. The first kappa shape index (κ1) is 9.51. The highest BCUT2D eigenvalue weighted by molar-refractivity contribution is 5.75. The van der Waals surface area contributed by atoms with Crippen molar-refractivity contribution in [1.82, 2.24) is 19.7 Å². The molecule has 2 aromatic rings. The Morgan fingerprint density at radius 1 is 1.33 bits per heavy atom. The molecule has 0 unspecified atom stereocenters. The number of hydrogen-bond acceptors (Lipinski definition) is 4. The van der Waals surface area contributed by atoms with E-state index in [1.54, 1.807) is 16.9 Å². The first-order valence-electron chi connectivity index (χ1n) is 4.51. The van der Waals surface area contributed by atoms with Crippen molar-refractivity contribution in [3.8, 4) is 5.69 Å². The summed E-state index contributed by atoms with van der Waals surface area (Å²) in [6, 6.07) is 1.72. The van der Waals surface area contributed by atoms with Gasteiger partial charge in [0.1, 0.15) is 11.6 Å². The minimum absolute atomic E-state index is 0.528. The van der Waals surface area contributed by atoms with Gasteiger partial charge in [-0.3, -0.25) is 9.78 Å². The molecular formula is C10H10N4O. The third-order valence-electron chi connectivity index (χ3n) is 2.00. The molecule has 15 heavy (non-hydrogen) atoms. The van der Waals surface area contributed by atoms with Gasteiger partial charge in [-0.05, 0) is 19.9 Å². The molecule has 76 valence electrons. The number of rotatable bonds is 2. The Labute approximate surface area is 86.8 Å². The summed E-state index contributed by atoms with van der Waals surface area (Å²) in [4.78, 5) is 18.7. The summed E-state index contributed by atoms with van der Waals surface area (Å²) in [5.74, 6) is 1.47. The molecule has 5 nitrogen and oxygen atoms in total. The van der Waals surface area contributed by atoms with E-state index in [4.69, 9.17) is 0 Å². The van der Waals surface area contributed by atoms with E-state index in [2.05, 4.69) is 15.1 Å². The van der Waals surface area contributed by atoms with Crippen LogP contribution in [0.4, 0.5) is 0 Å². The van der Waals surface area contributed by atoms with Gasteiger partial charge in [-0.1, -0.05) is 0 Å². The van der Waals surface area contributed by atoms with Crippen molar-refractivity contribution in [2.45, 2.75) is 13.8 Å². The molecule has 0 aliphatic carbocycles. The zero-order valence-corrected chi connectivity index (χ0v) is 8.51. The Kier molecular flexibility index (Phi) is 2.29. The molecule has 5 heteroatoms. The molecule has 0 saturated carbocycles. The fourth-order valence-electron chi connectivity index (χ4n) is 1.39. The fraction of sp³-hybridized carbons (Fsp3) is 0.200. The van der Waals surface area contributed by atoms with Gasteiger partial charge in [0, 0.05) is 11.8 Å². The summed E-state index contributed by atoms with van der Waals surface area (Å²) >= 11 is 0. The summed E-state index contributed by atoms with van der Waals surface area (Å²) in [6.45, 7) is 3.67. The SMILES string of the molecule is Cc1nc(C)n(-c2cncc(C=O)c2)n1. The number of nitrogens with zero attached hydrogens (tertiary/aromatic N) is 4. The van der Waals surface area contributed by atoms with Gasteiger partial charge >= 0.3 is 0 Å². The minimum Gasteiger partial charge on any atom is -0.298 e. The molecule has 0 bridgehead atoms. The van der Waals surface area contributed by atoms with Crippen molar-refractivity contribution in [1.29, 1.82) is 0 Å². The van der Waals surface area contributed by atoms with E-state index >= 15 is 0 Å². The molecule has 0 saturated heterocycles. The number of aldehydes is 1. The molecule has 0 atom stereocenters. The van der Waals surface area contributed by atoms with Crippen LogP contribution in [0.2, 0.25) is 0 Å². The normalized spacial score (nSPS) is 10.3. The van der Waals surface area contributed by atoms with Gasteiger partial charge in [-0.15, -0.1) is 0 Å². The van der Waals surface area contributed by atoms with E-state index in [9.17, 15) is 4.79 Å². The number of aryl methyl sites for hydroxylation is 2. The Hall–Kier alpha value is -2.04. The molecule has 0 aliphatic rings. The Bertz CT molecular complexity index is 504. The predicted octanol–water partition coefficient (Wildman–Crippen LogP) is 1.09. The third kappa shape index (κ3) is 1.76. The Morgan fingerprint density at radius 3 is 2.73 bits per heavy atom. The number of aromatic nitrogens is 4. The summed E-state index contributed by atoms with van der Waals surface area (Å²) in [5.41, 5.74) is 1.28. The van der Waals surface area contributed by atoms with Crippen LogP contribution in [0.15, 0.2) is 18.5 Å². The van der Waals surface area contributed by atoms with Gasteiger partial charge < -0.3 is 0 Å². The van der Waals surface area contributed by atoms with Gasteiger partial charge in [-0.2, -0.15) is 5.10 Å². The van der Waals surface area contributed by atoms with Crippen molar-refractivity contribution < 1.29 is 4.79 Å². The number of carbonyl (C=O) groups excluding carboxylic acids is 1. The van der Waals surface area contributed by atoms with Crippen LogP contribution in [-0.4, -0.2) is 26.0 Å². The molecule has 0 amide bonds. The molecule has 0 radical (unpaired) electrons. The standard InChI is InChI=1S/C10H10N4O/c1-7-12-8(2)14(13-7)10-3-9(6-15)4-11-5-10/h3-6H,1-2H3. The largest absolute Gasteiger partial charge is 0.298 e. The highest BCUT2D eigenvalue weighted by atomic mass is 16.1. The average Bonchev–Trinajstić information content (AvgIpc) is 2.58. The fourth-order valence-corrected chi connectivity index (χ4v) is 1.39. The topological polar surface area (TPSA) is 60.7 Å². The second kappa shape index (κ2) is 3.61. The number of hydrogen-bond donors (Lipinski definition) is 0. The number of carbonyl (C=O) groups is 1. The van der Waals surface area contributed by atoms with E-state index in [0.717, 1.165) is 17.8 Å². The quantitative estimate of drug-likeness (QED) is 0.684. The van der Waals surface area contributed by atoms with E-state index in [0.29, 0.717) is 11.4 Å². The van der Waals surface area contributed by atoms with E-state index in [1.165, 1.54) is 6.20 Å². The molecule has 0 fully saturated rings. The summed E-state index contributed by atoms with van der Waals surface area (Å²) < 4.78 is 1.66. The summed E-state index contributed by atoms with van der Waals surface area (Å²) in [6.07, 6.45) is 3.92. The second-order valence-electron chi connectivity index (χ2n) is 3.21. The zero-order valence-electron chi connectivity index (χ0n) is 8.51. The van der Waals surface area contributed by atoms with Gasteiger partial charge in [0.15, 0.2) is 6.29 Å². The average molecular weight is 202 g/mol. The van der Waals surface area contributed by atoms with Crippen LogP contribution in [0, 0.1) is 13.8 Å². The molecule has 0 aliphatic heterocycles. The Morgan fingerprint density at radius 2 is 2.13 bits per heavy atom. The summed E-state index contributed by atoms with van der Waals surface area (Å²) in [7, 11) is 0. The highest BCUT2D eigenvalue weighted by Crippen LogP contribution is 2.08. The zero-order chi connectivity index (χ0) is 10.8. The maximum atomic E-state index is 10.6. The first-order valence-corrected chi connectivity index (χ1v) is 4.51. The molecule has 2 rings (SSSR count). The molecule has 0 aromatic carbocycles.